The summed E-state index contributed by atoms with van der Waals surface area (Å²) >= 11 is 0. The number of alkyl carbamates (subject to hydrolysis) is 1. The van der Waals surface area contributed by atoms with E-state index in [9.17, 15) is 33.2 Å². The first-order valence-corrected chi connectivity index (χ1v) is 21.6. The molecule has 0 aliphatic carbocycles. The van der Waals surface area contributed by atoms with E-state index in [-0.39, 0.29) is 47.4 Å². The fourth-order valence-electron chi connectivity index (χ4n) is 8.85. The molecule has 0 saturated carbocycles. The van der Waals surface area contributed by atoms with E-state index in [2.05, 4.69) is 30.9 Å². The summed E-state index contributed by atoms with van der Waals surface area (Å²) < 4.78 is 18.8. The normalized spacial score (nSPS) is 20.8. The molecule has 6 atom stereocenters. The number of hydrogen-bond acceptors (Lipinski definition) is 8. The second-order valence-electron chi connectivity index (χ2n) is 16.0. The monoisotopic (exact) mass is 839 g/mol. The predicted molar refractivity (Wildman–Crippen MR) is 230 cm³/mol. The molecule has 3 aromatic rings. The van der Waals surface area contributed by atoms with Crippen molar-refractivity contribution in [3.63, 3.8) is 0 Å². The molecule has 0 spiro atoms. The molecule has 3 saturated heterocycles. The number of halogens is 1. The zero-order chi connectivity index (χ0) is 43.6. The molecule has 15 heteroatoms. The Morgan fingerprint density at radius 3 is 1.54 bits per heavy atom. The Balaban J connectivity index is 1.12. The molecule has 3 fully saturated rings. The number of methoxy groups -OCH3 is 1. The maximum absolute atomic E-state index is 14.2. The summed E-state index contributed by atoms with van der Waals surface area (Å²) in [6.07, 6.45) is 5.12. The van der Waals surface area contributed by atoms with Gasteiger partial charge in [0.2, 0.25) is 29.5 Å². The van der Waals surface area contributed by atoms with E-state index in [1.165, 1.54) is 24.1 Å². The summed E-state index contributed by atoms with van der Waals surface area (Å²) in [5.74, 6) is -1.63. The molecule has 3 aromatic carbocycles. The van der Waals surface area contributed by atoms with Crippen LogP contribution in [0.1, 0.15) is 108 Å². The summed E-state index contributed by atoms with van der Waals surface area (Å²) in [5, 5.41) is 11.4. The van der Waals surface area contributed by atoms with Gasteiger partial charge in [0.25, 0.3) is 0 Å². The number of nitrogens with zero attached hydrogens (tertiary/aromatic N) is 3. The molecule has 6 rings (SSSR count). The van der Waals surface area contributed by atoms with Crippen molar-refractivity contribution in [1.82, 2.24) is 20.4 Å². The Kier molecular flexibility index (Phi) is 15.0. The van der Waals surface area contributed by atoms with E-state index < -0.39 is 30.3 Å². The molecule has 4 N–H and O–H groups in total. The van der Waals surface area contributed by atoms with E-state index in [0.29, 0.717) is 75.8 Å². The number of ether oxygens (including phenoxy) is 1. The van der Waals surface area contributed by atoms with Gasteiger partial charge in [-0.1, -0.05) is 45.0 Å². The van der Waals surface area contributed by atoms with Crippen molar-refractivity contribution in [2.75, 3.05) is 35.7 Å². The summed E-state index contributed by atoms with van der Waals surface area (Å²) in [4.78, 5) is 83.3. The predicted octanol–water partition coefficient (Wildman–Crippen LogP) is 6.60. The first-order valence-electron chi connectivity index (χ1n) is 21.6. The van der Waals surface area contributed by atoms with Crippen molar-refractivity contribution in [2.45, 2.75) is 121 Å². The SMILES string of the molecule is CCCC(=O)N[C@@H](CC)C(=O)N1CCC[C@H]1C(=O)Nc1ccc([C@@H]2CC[C@@H](c3ccc(NC(=O)[C@@H]4CCCN4C(=O)[C@H](CC)NC(=O)OC)cc3)N2c2ccc(F)cc2)cc1. The minimum atomic E-state index is -0.795. The standard InChI is InChI=1S/C46H58FN7O7/c1-5-10-41(55)50-35(6-2)44(58)52-27-8-11-39(52)42(56)48-32-19-13-29(14-20-32)37-25-26-38(54(37)34-23-17-31(47)18-24-34)30-15-21-33(22-16-30)49-43(57)40-12-9-28-53(40)45(59)36(7-3)51-46(60)61-4/h13-24,35-40H,5-12,25-28H2,1-4H3,(H,48,56)(H,49,57)(H,50,55)(H,51,60)/t35-,36-,37-,38-,39-,40-/m0/s1. The van der Waals surface area contributed by atoms with Crippen LogP contribution in [0.3, 0.4) is 0 Å². The number of benzene rings is 3. The average molecular weight is 840 g/mol. The van der Waals surface area contributed by atoms with Gasteiger partial charge in [-0.25, -0.2) is 9.18 Å². The van der Waals surface area contributed by atoms with Crippen molar-refractivity contribution in [2.24, 2.45) is 0 Å². The molecule has 3 aliphatic heterocycles. The Hall–Kier alpha value is -5.99. The van der Waals surface area contributed by atoms with Gasteiger partial charge in [-0.05, 0) is 117 Å². The molecular formula is C46H58FN7O7. The second-order valence-corrected chi connectivity index (χ2v) is 16.0. The van der Waals surface area contributed by atoms with Crippen LogP contribution in [0, 0.1) is 5.82 Å². The van der Waals surface area contributed by atoms with E-state index in [1.807, 2.05) is 62.4 Å². The lowest BCUT2D eigenvalue weighted by Crippen LogP contribution is -2.52. The summed E-state index contributed by atoms with van der Waals surface area (Å²) in [7, 11) is 1.23. The number of rotatable bonds is 15. The van der Waals surface area contributed by atoms with Gasteiger partial charge in [-0.2, -0.15) is 0 Å². The van der Waals surface area contributed by atoms with Gasteiger partial charge < -0.3 is 40.7 Å². The molecule has 6 amide bonds. The van der Waals surface area contributed by atoms with Gasteiger partial charge in [0.1, 0.15) is 30.0 Å². The van der Waals surface area contributed by atoms with Gasteiger partial charge in [0.05, 0.1) is 19.2 Å². The maximum Gasteiger partial charge on any atom is 0.407 e. The van der Waals surface area contributed by atoms with Gasteiger partial charge in [0, 0.05) is 36.6 Å². The molecule has 0 aromatic heterocycles. The molecule has 0 radical (unpaired) electrons. The van der Waals surface area contributed by atoms with Crippen LogP contribution in [0.5, 0.6) is 0 Å². The van der Waals surface area contributed by atoms with Gasteiger partial charge in [-0.3, -0.25) is 24.0 Å². The Morgan fingerprint density at radius 1 is 0.656 bits per heavy atom. The van der Waals surface area contributed by atoms with Crippen molar-refractivity contribution >= 4 is 52.7 Å². The van der Waals surface area contributed by atoms with E-state index in [4.69, 9.17) is 0 Å². The van der Waals surface area contributed by atoms with Crippen LogP contribution in [0.15, 0.2) is 72.8 Å². The number of amides is 6. The number of anilines is 3. The maximum atomic E-state index is 14.2. The fraction of sp³-hybridized carbons (Fsp3) is 0.478. The molecule has 0 unspecified atom stereocenters. The Bertz CT molecular complexity index is 2030. The van der Waals surface area contributed by atoms with Crippen LogP contribution in [0.4, 0.5) is 26.2 Å². The average Bonchev–Trinajstić information content (AvgIpc) is 4.06. The molecule has 61 heavy (non-hydrogen) atoms. The lowest BCUT2D eigenvalue weighted by Gasteiger charge is -2.33. The van der Waals surface area contributed by atoms with Crippen LogP contribution in [0.25, 0.3) is 0 Å². The number of hydrogen-bond donors (Lipinski definition) is 4. The summed E-state index contributed by atoms with van der Waals surface area (Å²) in [6.45, 7) is 6.40. The zero-order valence-corrected chi connectivity index (χ0v) is 35.5. The number of carbonyl (C=O) groups is 6. The van der Waals surface area contributed by atoms with Crippen molar-refractivity contribution in [3.8, 4) is 0 Å². The zero-order valence-electron chi connectivity index (χ0n) is 35.5. The first kappa shape index (κ1) is 44.6. The summed E-state index contributed by atoms with van der Waals surface area (Å²) in [5.41, 5.74) is 4.07. The number of nitrogens with one attached hydrogen (secondary N) is 4. The number of likely N-dealkylation sites (tertiary alicyclic amines) is 2. The molecule has 3 aliphatic rings. The quantitative estimate of drug-likeness (QED) is 0.133. The topological polar surface area (TPSA) is 169 Å². The Morgan fingerprint density at radius 2 is 1.11 bits per heavy atom. The van der Waals surface area contributed by atoms with E-state index >= 15 is 0 Å². The van der Waals surface area contributed by atoms with Gasteiger partial charge in [-0.15, -0.1) is 0 Å². The minimum absolute atomic E-state index is 0.0667. The summed E-state index contributed by atoms with van der Waals surface area (Å²) in [6, 6.07) is 18.9. The van der Waals surface area contributed by atoms with Crippen molar-refractivity contribution < 1.29 is 37.9 Å². The lowest BCUT2D eigenvalue weighted by molar-refractivity contribution is -0.140. The largest absolute Gasteiger partial charge is 0.453 e. The third kappa shape index (κ3) is 10.5. The lowest BCUT2D eigenvalue weighted by atomic mass is 10.0. The van der Waals surface area contributed by atoms with Crippen molar-refractivity contribution in [3.05, 3.63) is 89.7 Å². The van der Waals surface area contributed by atoms with Gasteiger partial charge >= 0.3 is 6.09 Å². The highest BCUT2D eigenvalue weighted by Crippen LogP contribution is 2.47. The molecule has 326 valence electrons. The molecule has 3 heterocycles. The molecular weight excluding hydrogens is 782 g/mol. The number of carbonyl (C=O) groups excluding carboxylic acids is 6. The molecule has 0 bridgehead atoms. The highest BCUT2D eigenvalue weighted by Gasteiger charge is 2.40. The highest BCUT2D eigenvalue weighted by atomic mass is 19.1. The van der Waals surface area contributed by atoms with Crippen LogP contribution in [-0.4, -0.2) is 89.8 Å². The van der Waals surface area contributed by atoms with Crippen LogP contribution in [0.2, 0.25) is 0 Å². The first-order chi connectivity index (χ1) is 29.5. The smallest absolute Gasteiger partial charge is 0.407 e. The fourth-order valence-corrected chi connectivity index (χ4v) is 8.85. The van der Waals surface area contributed by atoms with Gasteiger partial charge in [0.15, 0.2) is 0 Å². The van der Waals surface area contributed by atoms with Crippen molar-refractivity contribution in [1.29, 1.82) is 0 Å². The van der Waals surface area contributed by atoms with E-state index in [1.54, 1.807) is 24.0 Å². The van der Waals surface area contributed by atoms with E-state index in [0.717, 1.165) is 29.7 Å². The second kappa shape index (κ2) is 20.5. The minimum Gasteiger partial charge on any atom is -0.453 e. The van der Waals surface area contributed by atoms with Crippen LogP contribution in [-0.2, 0) is 28.7 Å². The Labute approximate surface area is 356 Å². The van der Waals surface area contributed by atoms with Crippen LogP contribution >= 0.6 is 0 Å². The van der Waals surface area contributed by atoms with Crippen LogP contribution < -0.4 is 26.2 Å². The highest BCUT2D eigenvalue weighted by molar-refractivity contribution is 5.99. The molecule has 14 nitrogen and oxygen atoms in total. The third-order valence-electron chi connectivity index (χ3n) is 12.0. The third-order valence-corrected chi connectivity index (χ3v) is 12.0.